The van der Waals surface area contributed by atoms with Crippen LogP contribution >= 0.6 is 0 Å². The average molecular weight is 389 g/mol. The molecule has 0 radical (unpaired) electrons. The van der Waals surface area contributed by atoms with Crippen LogP contribution in [0.3, 0.4) is 0 Å². The summed E-state index contributed by atoms with van der Waals surface area (Å²) in [6.45, 7) is 5.42. The van der Waals surface area contributed by atoms with E-state index < -0.39 is 11.1 Å². The monoisotopic (exact) mass is 389 g/mol. The van der Waals surface area contributed by atoms with E-state index in [4.69, 9.17) is 0 Å². The highest BCUT2D eigenvalue weighted by molar-refractivity contribution is 5.21. The van der Waals surface area contributed by atoms with Crippen LogP contribution in [-0.4, -0.2) is 37.3 Å². The van der Waals surface area contributed by atoms with Gasteiger partial charge < -0.3 is 0 Å². The number of rotatable bonds is 4. The van der Waals surface area contributed by atoms with E-state index >= 15 is 0 Å². The van der Waals surface area contributed by atoms with Crippen molar-refractivity contribution in [2.45, 2.75) is 32.5 Å². The van der Waals surface area contributed by atoms with Crippen molar-refractivity contribution in [1.82, 2.24) is 24.2 Å². The molecule has 2 atom stereocenters. The van der Waals surface area contributed by atoms with Gasteiger partial charge in [0.05, 0.1) is 12.2 Å². The van der Waals surface area contributed by atoms with Gasteiger partial charge in [-0.15, -0.1) is 0 Å². The molecular weight excluding hydrogens is 366 g/mol. The molecular formula is C22H23N5O2. The van der Waals surface area contributed by atoms with E-state index in [1.54, 1.807) is 4.57 Å². The summed E-state index contributed by atoms with van der Waals surface area (Å²) in [4.78, 5) is 32.0. The predicted molar refractivity (Wildman–Crippen MR) is 109 cm³/mol. The minimum atomic E-state index is -0.542. The fraction of sp³-hybridized carbons (Fsp3) is 0.364. The zero-order chi connectivity index (χ0) is 20.0. The number of aryl methyl sites for hydroxylation is 1. The van der Waals surface area contributed by atoms with Crippen LogP contribution in [-0.2, 0) is 19.6 Å². The molecule has 29 heavy (non-hydrogen) atoms. The van der Waals surface area contributed by atoms with Crippen molar-refractivity contribution in [3.63, 3.8) is 0 Å². The summed E-state index contributed by atoms with van der Waals surface area (Å²) in [5.41, 5.74) is 2.17. The smallest absolute Gasteiger partial charge is 0.296 e. The summed E-state index contributed by atoms with van der Waals surface area (Å²) < 4.78 is 2.93. The largest absolute Gasteiger partial charge is 0.332 e. The second kappa shape index (κ2) is 7.08. The second-order valence-electron chi connectivity index (χ2n) is 8.10. The third kappa shape index (κ3) is 3.31. The first-order valence-electron chi connectivity index (χ1n) is 9.98. The average Bonchev–Trinajstić information content (AvgIpc) is 3.26. The number of benzene rings is 1. The molecule has 7 heteroatoms. The maximum Gasteiger partial charge on any atom is 0.332 e. The first kappa shape index (κ1) is 18.0. The maximum absolute atomic E-state index is 12.7. The molecule has 0 bridgehead atoms. The molecule has 1 aromatic carbocycles. The van der Waals surface area contributed by atoms with E-state index in [-0.39, 0.29) is 5.92 Å². The van der Waals surface area contributed by atoms with E-state index in [2.05, 4.69) is 15.0 Å². The van der Waals surface area contributed by atoms with E-state index in [0.29, 0.717) is 19.0 Å². The molecule has 2 aromatic heterocycles. The molecule has 4 heterocycles. The second-order valence-corrected chi connectivity index (χ2v) is 8.10. The zero-order valence-electron chi connectivity index (χ0n) is 16.4. The predicted octanol–water partition coefficient (Wildman–Crippen LogP) is 1.39. The van der Waals surface area contributed by atoms with Crippen LogP contribution < -0.4 is 11.1 Å². The van der Waals surface area contributed by atoms with Gasteiger partial charge in [-0.3, -0.25) is 24.0 Å². The number of likely N-dealkylation sites (tertiary alicyclic amines) is 1. The molecule has 2 aliphatic rings. The Labute approximate surface area is 168 Å². The molecule has 0 unspecified atom stereocenters. The summed E-state index contributed by atoms with van der Waals surface area (Å²) >= 11 is 0. The molecule has 0 spiro atoms. The number of aromatic nitrogens is 4. The fourth-order valence-electron chi connectivity index (χ4n) is 4.50. The summed E-state index contributed by atoms with van der Waals surface area (Å²) in [6, 6.07) is 13.9. The van der Waals surface area contributed by atoms with Crippen molar-refractivity contribution in [1.29, 1.82) is 0 Å². The third-order valence-electron chi connectivity index (χ3n) is 5.99. The van der Waals surface area contributed by atoms with Crippen LogP contribution in [0.4, 0.5) is 0 Å². The number of hydrogen-bond acceptors (Lipinski definition) is 5. The molecule has 3 aromatic rings. The van der Waals surface area contributed by atoms with Crippen molar-refractivity contribution in [2.24, 2.45) is 5.92 Å². The Kier molecular flexibility index (Phi) is 4.39. The third-order valence-corrected chi connectivity index (χ3v) is 5.99. The van der Waals surface area contributed by atoms with Crippen LogP contribution in [0.2, 0.25) is 0 Å². The van der Waals surface area contributed by atoms with Crippen LogP contribution in [0, 0.1) is 12.8 Å². The van der Waals surface area contributed by atoms with E-state index in [1.165, 1.54) is 4.68 Å². The molecule has 7 nitrogen and oxygen atoms in total. The summed E-state index contributed by atoms with van der Waals surface area (Å²) in [5.74, 6) is 1.24. The first-order valence-corrected chi connectivity index (χ1v) is 9.98. The summed E-state index contributed by atoms with van der Waals surface area (Å²) in [5, 5.41) is 4.64. The minimum absolute atomic E-state index is 0.177. The highest BCUT2D eigenvalue weighted by atomic mass is 16.2. The zero-order valence-corrected chi connectivity index (χ0v) is 16.4. The lowest BCUT2D eigenvalue weighted by atomic mass is 10.00. The van der Waals surface area contributed by atoms with Gasteiger partial charge in [0, 0.05) is 44.2 Å². The molecule has 2 aliphatic heterocycles. The van der Waals surface area contributed by atoms with Crippen molar-refractivity contribution in [3.8, 4) is 0 Å². The van der Waals surface area contributed by atoms with Gasteiger partial charge >= 0.3 is 11.1 Å². The highest BCUT2D eigenvalue weighted by Gasteiger charge is 2.42. The molecule has 1 fully saturated rings. The lowest BCUT2D eigenvalue weighted by Crippen LogP contribution is -2.44. The Hall–Kier alpha value is -3.06. The van der Waals surface area contributed by atoms with Gasteiger partial charge in [-0.2, -0.15) is 5.10 Å². The van der Waals surface area contributed by atoms with Gasteiger partial charge in [0.15, 0.2) is 0 Å². The molecule has 0 saturated carbocycles. The highest BCUT2D eigenvalue weighted by Crippen LogP contribution is 2.37. The van der Waals surface area contributed by atoms with Gasteiger partial charge in [0.2, 0.25) is 0 Å². The van der Waals surface area contributed by atoms with Crippen molar-refractivity contribution >= 4 is 0 Å². The van der Waals surface area contributed by atoms with E-state index in [1.807, 2.05) is 55.6 Å². The van der Waals surface area contributed by atoms with Crippen LogP contribution in [0.15, 0.2) is 58.3 Å². The van der Waals surface area contributed by atoms with Crippen molar-refractivity contribution in [2.75, 3.05) is 13.1 Å². The topological polar surface area (TPSA) is 73.0 Å². The lowest BCUT2D eigenvalue weighted by Gasteiger charge is -2.17. The Morgan fingerprint density at radius 3 is 2.55 bits per heavy atom. The normalized spacial score (nSPS) is 20.6. The van der Waals surface area contributed by atoms with E-state index in [0.717, 1.165) is 42.3 Å². The quantitative estimate of drug-likeness (QED) is 0.631. The van der Waals surface area contributed by atoms with Gasteiger partial charge in [0.25, 0.3) is 0 Å². The SMILES string of the molecule is Cc1ccc(Cn2nc3n(c(=O)c2=O)C[C@@H]2CN(Cc4ccccn4)C[C@@H]32)cc1. The Morgan fingerprint density at radius 2 is 1.79 bits per heavy atom. The lowest BCUT2D eigenvalue weighted by molar-refractivity contribution is 0.300. The standard InChI is InChI=1S/C22H23N5O2/c1-15-5-7-16(8-6-15)10-27-22(29)21(28)26-12-17-11-25(14-19(17)20(26)24-27)13-18-4-2-3-9-23-18/h2-9,17,19H,10-14H2,1H3/t17-,19+/m0/s1. The summed E-state index contributed by atoms with van der Waals surface area (Å²) in [7, 11) is 0. The number of fused-ring (bicyclic) bond motifs is 3. The molecule has 0 N–H and O–H groups in total. The molecule has 0 aliphatic carbocycles. The number of hydrogen-bond donors (Lipinski definition) is 0. The van der Waals surface area contributed by atoms with Crippen LogP contribution in [0.5, 0.6) is 0 Å². The summed E-state index contributed by atoms with van der Waals surface area (Å²) in [6.07, 6.45) is 1.81. The van der Waals surface area contributed by atoms with Gasteiger partial charge in [0.1, 0.15) is 5.82 Å². The van der Waals surface area contributed by atoms with Crippen molar-refractivity contribution in [3.05, 3.63) is 92.0 Å². The van der Waals surface area contributed by atoms with Gasteiger partial charge in [-0.25, -0.2) is 4.68 Å². The number of nitrogens with zero attached hydrogens (tertiary/aromatic N) is 5. The molecule has 0 amide bonds. The Bertz CT molecular complexity index is 1150. The van der Waals surface area contributed by atoms with E-state index in [9.17, 15) is 9.59 Å². The minimum Gasteiger partial charge on any atom is -0.296 e. The number of pyridine rings is 1. The molecule has 1 saturated heterocycles. The first-order chi connectivity index (χ1) is 14.1. The maximum atomic E-state index is 12.7. The Balaban J connectivity index is 1.41. The fourth-order valence-corrected chi connectivity index (χ4v) is 4.50. The Morgan fingerprint density at radius 1 is 0.966 bits per heavy atom. The van der Waals surface area contributed by atoms with Crippen molar-refractivity contribution < 1.29 is 0 Å². The van der Waals surface area contributed by atoms with Crippen LogP contribution in [0.1, 0.15) is 28.6 Å². The van der Waals surface area contributed by atoms with Gasteiger partial charge in [-0.1, -0.05) is 35.9 Å². The van der Waals surface area contributed by atoms with Crippen LogP contribution in [0.25, 0.3) is 0 Å². The molecule has 5 rings (SSSR count). The van der Waals surface area contributed by atoms with Gasteiger partial charge in [-0.05, 0) is 24.6 Å². The molecule has 148 valence electrons.